The summed E-state index contributed by atoms with van der Waals surface area (Å²) < 4.78 is 0. The minimum atomic E-state index is 0.207. The highest BCUT2D eigenvalue weighted by Gasteiger charge is 2.28. The fraction of sp³-hybridized carbons (Fsp3) is 0.273. The molecule has 0 heterocycles. The molecule has 0 fully saturated rings. The van der Waals surface area contributed by atoms with Crippen LogP contribution in [0.1, 0.15) is 50.8 Å². The molecule has 0 nitrogen and oxygen atoms in total. The Hall–Kier alpha value is -1.73. The number of rotatable bonds is 3. The highest BCUT2D eigenvalue weighted by atomic mass is 32.2. The molecule has 0 saturated carbocycles. The van der Waals surface area contributed by atoms with Crippen LogP contribution in [0.5, 0.6) is 0 Å². The van der Waals surface area contributed by atoms with Crippen LogP contribution in [-0.4, -0.2) is 0 Å². The summed E-state index contributed by atoms with van der Waals surface area (Å²) in [5.41, 5.74) is 5.72. The van der Waals surface area contributed by atoms with Gasteiger partial charge in [-0.2, -0.15) is 0 Å². The summed E-state index contributed by atoms with van der Waals surface area (Å²) in [5.74, 6) is 0. The van der Waals surface area contributed by atoms with Gasteiger partial charge in [0.25, 0.3) is 0 Å². The van der Waals surface area contributed by atoms with Gasteiger partial charge in [0.1, 0.15) is 0 Å². The van der Waals surface area contributed by atoms with Crippen LogP contribution in [0, 0.1) is 0 Å². The van der Waals surface area contributed by atoms with E-state index in [1.165, 1.54) is 32.1 Å². The number of hydrogen-bond donors (Lipinski definition) is 0. The molecule has 0 radical (unpaired) electrons. The molecule has 0 atom stereocenters. The van der Waals surface area contributed by atoms with Crippen LogP contribution in [0.3, 0.4) is 0 Å². The van der Waals surface area contributed by atoms with Crippen LogP contribution in [0.15, 0.2) is 65.6 Å². The summed E-state index contributed by atoms with van der Waals surface area (Å²) in [6, 6.07) is 17.6. The van der Waals surface area contributed by atoms with E-state index in [4.69, 9.17) is 0 Å². The molecule has 0 spiro atoms. The SMILES string of the molecule is CC=C(C)c1ccc2c(c1)C(Sc1ccccc1)=CCC2(C)C. The summed E-state index contributed by atoms with van der Waals surface area (Å²) >= 11 is 1.88. The third-order valence-corrected chi connectivity index (χ3v) is 5.79. The molecule has 118 valence electrons. The van der Waals surface area contributed by atoms with Gasteiger partial charge < -0.3 is 0 Å². The van der Waals surface area contributed by atoms with Crippen LogP contribution in [0.4, 0.5) is 0 Å². The molecule has 0 aromatic heterocycles. The van der Waals surface area contributed by atoms with Gasteiger partial charge in [-0.15, -0.1) is 0 Å². The van der Waals surface area contributed by atoms with E-state index in [1.807, 2.05) is 11.8 Å². The van der Waals surface area contributed by atoms with Gasteiger partial charge in [-0.05, 0) is 66.1 Å². The molecular formula is C22H24S. The average Bonchev–Trinajstić information content (AvgIpc) is 2.57. The topological polar surface area (TPSA) is 0 Å². The summed E-state index contributed by atoms with van der Waals surface area (Å²) in [5, 5.41) is 0. The van der Waals surface area contributed by atoms with Crippen LogP contribution in [0.2, 0.25) is 0 Å². The molecule has 1 heteroatoms. The third-order valence-electron chi connectivity index (χ3n) is 4.67. The van der Waals surface area contributed by atoms with Crippen molar-refractivity contribution >= 4 is 22.2 Å². The van der Waals surface area contributed by atoms with E-state index in [9.17, 15) is 0 Å². The first kappa shape index (κ1) is 16.1. The zero-order valence-electron chi connectivity index (χ0n) is 14.4. The standard InChI is InChI=1S/C22H24S/c1-5-16(2)17-11-12-20-19(15-17)21(13-14-22(20,3)4)23-18-9-7-6-8-10-18/h5-13,15H,14H2,1-4H3. The number of benzene rings is 2. The van der Waals surface area contributed by atoms with Crippen molar-refractivity contribution in [1.82, 2.24) is 0 Å². The van der Waals surface area contributed by atoms with Crippen molar-refractivity contribution in [2.45, 2.75) is 44.4 Å². The van der Waals surface area contributed by atoms with E-state index in [0.717, 1.165) is 6.42 Å². The molecule has 2 aromatic carbocycles. The lowest BCUT2D eigenvalue weighted by Crippen LogP contribution is -2.21. The van der Waals surface area contributed by atoms with E-state index in [2.05, 4.69) is 88.4 Å². The van der Waals surface area contributed by atoms with Crippen molar-refractivity contribution < 1.29 is 0 Å². The van der Waals surface area contributed by atoms with Crippen molar-refractivity contribution in [2.75, 3.05) is 0 Å². The highest BCUT2D eigenvalue weighted by Crippen LogP contribution is 2.45. The second kappa shape index (κ2) is 6.41. The first-order valence-corrected chi connectivity index (χ1v) is 9.04. The smallest absolute Gasteiger partial charge is 0.0158 e. The van der Waals surface area contributed by atoms with Gasteiger partial charge in [0, 0.05) is 9.80 Å². The molecule has 1 aliphatic carbocycles. The number of thioether (sulfide) groups is 1. The van der Waals surface area contributed by atoms with E-state index in [-0.39, 0.29) is 5.41 Å². The predicted molar refractivity (Wildman–Crippen MR) is 104 cm³/mol. The quantitative estimate of drug-likeness (QED) is 0.591. The van der Waals surface area contributed by atoms with Gasteiger partial charge in [0.2, 0.25) is 0 Å². The monoisotopic (exact) mass is 320 g/mol. The second-order valence-corrected chi connectivity index (χ2v) is 7.92. The lowest BCUT2D eigenvalue weighted by Gasteiger charge is -2.32. The van der Waals surface area contributed by atoms with Gasteiger partial charge >= 0.3 is 0 Å². The van der Waals surface area contributed by atoms with Gasteiger partial charge in [0.05, 0.1) is 0 Å². The van der Waals surface area contributed by atoms with E-state index in [1.54, 1.807) is 0 Å². The molecule has 0 bridgehead atoms. The first-order valence-electron chi connectivity index (χ1n) is 8.22. The Morgan fingerprint density at radius 1 is 1.09 bits per heavy atom. The predicted octanol–water partition coefficient (Wildman–Crippen LogP) is 6.92. The van der Waals surface area contributed by atoms with Gasteiger partial charge in [-0.25, -0.2) is 0 Å². The van der Waals surface area contributed by atoms with E-state index < -0.39 is 0 Å². The molecule has 0 amide bonds. The van der Waals surface area contributed by atoms with Crippen molar-refractivity contribution in [3.63, 3.8) is 0 Å². The molecule has 3 rings (SSSR count). The van der Waals surface area contributed by atoms with Crippen LogP contribution in [-0.2, 0) is 5.41 Å². The zero-order chi connectivity index (χ0) is 16.4. The Morgan fingerprint density at radius 2 is 1.83 bits per heavy atom. The van der Waals surface area contributed by atoms with Crippen LogP contribution in [0.25, 0.3) is 10.5 Å². The average molecular weight is 321 g/mol. The number of hydrogen-bond acceptors (Lipinski definition) is 1. The van der Waals surface area contributed by atoms with Crippen molar-refractivity contribution in [1.29, 1.82) is 0 Å². The molecule has 0 saturated heterocycles. The minimum Gasteiger partial charge on any atom is -0.0898 e. The summed E-state index contributed by atoms with van der Waals surface area (Å²) in [6.07, 6.45) is 5.69. The minimum absolute atomic E-state index is 0.207. The molecule has 0 unspecified atom stereocenters. The second-order valence-electron chi connectivity index (χ2n) is 6.80. The zero-order valence-corrected chi connectivity index (χ0v) is 15.2. The Morgan fingerprint density at radius 3 is 2.52 bits per heavy atom. The van der Waals surface area contributed by atoms with Gasteiger partial charge in [-0.1, -0.05) is 68.1 Å². The Balaban J connectivity index is 2.06. The Kier molecular flexibility index (Phi) is 4.50. The normalized spacial score (nSPS) is 16.7. The summed E-state index contributed by atoms with van der Waals surface area (Å²) in [6.45, 7) is 8.97. The van der Waals surface area contributed by atoms with E-state index in [0.29, 0.717) is 0 Å². The lowest BCUT2D eigenvalue weighted by atomic mass is 9.75. The van der Waals surface area contributed by atoms with Crippen LogP contribution >= 0.6 is 11.8 Å². The molecule has 23 heavy (non-hydrogen) atoms. The largest absolute Gasteiger partial charge is 0.0898 e. The van der Waals surface area contributed by atoms with Gasteiger partial charge in [-0.3, -0.25) is 0 Å². The van der Waals surface area contributed by atoms with Crippen molar-refractivity contribution in [3.05, 3.63) is 77.4 Å². The maximum Gasteiger partial charge on any atom is 0.0158 e. The van der Waals surface area contributed by atoms with E-state index >= 15 is 0 Å². The number of fused-ring (bicyclic) bond motifs is 1. The number of allylic oxidation sites excluding steroid dienone is 3. The lowest BCUT2D eigenvalue weighted by molar-refractivity contribution is 0.528. The molecule has 2 aromatic rings. The Labute approximate surface area is 144 Å². The third kappa shape index (κ3) is 3.30. The molecule has 0 aliphatic heterocycles. The maximum absolute atomic E-state index is 2.41. The highest BCUT2D eigenvalue weighted by molar-refractivity contribution is 8.08. The summed E-state index contributed by atoms with van der Waals surface area (Å²) in [7, 11) is 0. The molecule has 0 N–H and O–H groups in total. The Bertz CT molecular complexity index is 764. The summed E-state index contributed by atoms with van der Waals surface area (Å²) in [4.78, 5) is 2.69. The van der Waals surface area contributed by atoms with Crippen molar-refractivity contribution in [2.24, 2.45) is 0 Å². The van der Waals surface area contributed by atoms with Gasteiger partial charge in [0.15, 0.2) is 0 Å². The first-order chi connectivity index (χ1) is 11.0. The maximum atomic E-state index is 2.41. The fourth-order valence-electron chi connectivity index (χ4n) is 3.03. The molecular weight excluding hydrogens is 296 g/mol. The fourth-order valence-corrected chi connectivity index (χ4v) is 4.02. The molecule has 1 aliphatic rings. The van der Waals surface area contributed by atoms with Crippen molar-refractivity contribution in [3.8, 4) is 0 Å². The van der Waals surface area contributed by atoms with Crippen LogP contribution < -0.4 is 0 Å².